The summed E-state index contributed by atoms with van der Waals surface area (Å²) in [6.07, 6.45) is 0. The summed E-state index contributed by atoms with van der Waals surface area (Å²) in [4.78, 5) is 56.1. The number of likely N-dealkylation sites (tertiary alicyclic amines) is 1. The molecule has 2 heterocycles. The van der Waals surface area contributed by atoms with Crippen LogP contribution in [0.3, 0.4) is 0 Å². The number of carboxylic acid groups (broad SMARTS) is 1. The topological polar surface area (TPSA) is 176 Å². The van der Waals surface area contributed by atoms with Crippen LogP contribution in [0.15, 0.2) is 10.5 Å². The molecule has 0 radical (unpaired) electrons. The summed E-state index contributed by atoms with van der Waals surface area (Å²) in [7, 11) is 1.24. The number of rotatable bonds is 6. The van der Waals surface area contributed by atoms with Crippen molar-refractivity contribution in [3.8, 4) is 0 Å². The van der Waals surface area contributed by atoms with Gasteiger partial charge in [-0.1, -0.05) is 5.16 Å². The molecular formula is C13H16N6O6S. The first-order chi connectivity index (χ1) is 12.2. The Bertz CT molecular complexity index is 777. The SMILES string of the molecule is CON=C(C(=O)N[C@H]1CN(C(=O)NC(C)C(=O)O)C1=O)c1csc(N)n1. The number of nitrogens with one attached hydrogen (secondary N) is 2. The number of imide groups is 1. The summed E-state index contributed by atoms with van der Waals surface area (Å²) < 4.78 is 0. The average molecular weight is 384 g/mol. The van der Waals surface area contributed by atoms with Gasteiger partial charge in [-0.25, -0.2) is 9.78 Å². The molecule has 1 unspecified atom stereocenters. The van der Waals surface area contributed by atoms with E-state index in [-0.39, 0.29) is 23.1 Å². The number of aliphatic carboxylic acids is 1. The molecule has 12 nitrogen and oxygen atoms in total. The number of nitrogen functional groups attached to an aromatic ring is 1. The van der Waals surface area contributed by atoms with Crippen molar-refractivity contribution >= 4 is 46.0 Å². The molecule has 1 aliphatic rings. The highest BCUT2D eigenvalue weighted by molar-refractivity contribution is 7.13. The molecule has 1 aromatic rings. The molecule has 5 N–H and O–H groups in total. The Morgan fingerprint density at radius 3 is 2.73 bits per heavy atom. The Balaban J connectivity index is 1.96. The minimum Gasteiger partial charge on any atom is -0.480 e. The monoisotopic (exact) mass is 384 g/mol. The predicted octanol–water partition coefficient (Wildman–Crippen LogP) is -1.41. The van der Waals surface area contributed by atoms with Gasteiger partial charge in [-0.3, -0.25) is 19.3 Å². The van der Waals surface area contributed by atoms with Crippen molar-refractivity contribution in [2.45, 2.75) is 19.0 Å². The normalized spacial score (nSPS) is 17.9. The minimum atomic E-state index is -1.24. The van der Waals surface area contributed by atoms with Crippen molar-refractivity contribution in [3.05, 3.63) is 11.1 Å². The van der Waals surface area contributed by atoms with Gasteiger partial charge in [0.25, 0.3) is 11.8 Å². The third kappa shape index (κ3) is 4.05. The smallest absolute Gasteiger partial charge is 0.325 e. The molecule has 26 heavy (non-hydrogen) atoms. The van der Waals surface area contributed by atoms with Crippen molar-refractivity contribution in [1.82, 2.24) is 20.5 Å². The lowest BCUT2D eigenvalue weighted by atomic mass is 10.1. The standard InChI is InChI=1S/C13H16N6O6S/c1-5(11(22)23)15-13(24)19-3-6(10(19)21)16-9(20)8(18-25-2)7-4-26-12(14)17-7/h4-6H,3H2,1-2H3,(H2,14,17)(H,15,24)(H,16,20)(H,22,23)/t5?,6-/m0/s1. The molecule has 4 amide bonds. The number of nitrogens with zero attached hydrogens (tertiary/aromatic N) is 3. The fourth-order valence-corrected chi connectivity index (χ4v) is 2.51. The van der Waals surface area contributed by atoms with Crippen LogP contribution in [0.5, 0.6) is 0 Å². The number of aromatic nitrogens is 1. The molecule has 0 bridgehead atoms. The fourth-order valence-electron chi connectivity index (χ4n) is 1.96. The van der Waals surface area contributed by atoms with Crippen LogP contribution >= 0.6 is 11.3 Å². The van der Waals surface area contributed by atoms with E-state index in [1.165, 1.54) is 19.4 Å². The van der Waals surface area contributed by atoms with Gasteiger partial charge < -0.3 is 26.3 Å². The van der Waals surface area contributed by atoms with Crippen molar-refractivity contribution in [3.63, 3.8) is 0 Å². The summed E-state index contributed by atoms with van der Waals surface area (Å²) in [5.41, 5.74) is 5.53. The zero-order valence-corrected chi connectivity index (χ0v) is 14.6. The Kier molecular flexibility index (Phi) is 5.71. The molecule has 2 rings (SSSR count). The summed E-state index contributed by atoms with van der Waals surface area (Å²) in [5.74, 6) is -2.64. The number of carbonyl (C=O) groups is 4. The highest BCUT2D eigenvalue weighted by atomic mass is 32.1. The Morgan fingerprint density at radius 2 is 2.23 bits per heavy atom. The number of amides is 4. The van der Waals surface area contributed by atoms with Gasteiger partial charge in [0.05, 0.1) is 6.54 Å². The lowest BCUT2D eigenvalue weighted by Crippen LogP contribution is -2.68. The van der Waals surface area contributed by atoms with Crippen LogP contribution in [0.25, 0.3) is 0 Å². The van der Waals surface area contributed by atoms with E-state index in [2.05, 4.69) is 25.6 Å². The van der Waals surface area contributed by atoms with E-state index in [0.29, 0.717) is 0 Å². The van der Waals surface area contributed by atoms with Crippen LogP contribution in [-0.4, -0.2) is 70.3 Å². The largest absolute Gasteiger partial charge is 0.480 e. The number of β-lactam (4-membered cyclic amide) rings is 1. The number of hydrogen-bond donors (Lipinski definition) is 4. The second-order valence-corrected chi connectivity index (χ2v) is 6.07. The van der Waals surface area contributed by atoms with E-state index in [1.54, 1.807) is 0 Å². The highest BCUT2D eigenvalue weighted by Gasteiger charge is 2.43. The van der Waals surface area contributed by atoms with Gasteiger partial charge in [-0.15, -0.1) is 11.3 Å². The molecular weight excluding hydrogens is 368 g/mol. The molecule has 0 aromatic carbocycles. The quantitative estimate of drug-likeness (QED) is 0.262. The lowest BCUT2D eigenvalue weighted by molar-refractivity contribution is -0.142. The van der Waals surface area contributed by atoms with Gasteiger partial charge in [-0.2, -0.15) is 0 Å². The third-order valence-electron chi connectivity index (χ3n) is 3.35. The van der Waals surface area contributed by atoms with Crippen LogP contribution in [0, 0.1) is 0 Å². The molecule has 13 heteroatoms. The Morgan fingerprint density at radius 1 is 1.54 bits per heavy atom. The van der Waals surface area contributed by atoms with E-state index in [9.17, 15) is 19.2 Å². The van der Waals surface area contributed by atoms with Crippen molar-refractivity contribution in [1.29, 1.82) is 0 Å². The van der Waals surface area contributed by atoms with E-state index < -0.39 is 35.9 Å². The van der Waals surface area contributed by atoms with Crippen molar-refractivity contribution in [2.75, 3.05) is 19.4 Å². The van der Waals surface area contributed by atoms with E-state index >= 15 is 0 Å². The number of nitrogens with two attached hydrogens (primary N) is 1. The summed E-state index contributed by atoms with van der Waals surface area (Å²) in [5, 5.41) is 18.6. The number of carboxylic acids is 1. The maximum Gasteiger partial charge on any atom is 0.325 e. The molecule has 1 aromatic heterocycles. The predicted molar refractivity (Wildman–Crippen MR) is 89.3 cm³/mol. The van der Waals surface area contributed by atoms with Crippen molar-refractivity contribution < 1.29 is 29.1 Å². The average Bonchev–Trinajstić information content (AvgIpc) is 3.01. The van der Waals surface area contributed by atoms with Gasteiger partial charge in [0.2, 0.25) is 0 Å². The first-order valence-corrected chi connectivity index (χ1v) is 8.10. The van der Waals surface area contributed by atoms with E-state index in [1.807, 2.05) is 0 Å². The molecule has 0 spiro atoms. The number of urea groups is 1. The summed E-state index contributed by atoms with van der Waals surface area (Å²) in [6.45, 7) is 1.15. The molecule has 1 fully saturated rings. The van der Waals surface area contributed by atoms with Gasteiger partial charge in [-0.05, 0) is 6.92 Å². The second kappa shape index (κ2) is 7.77. The molecule has 0 aliphatic carbocycles. The maximum absolute atomic E-state index is 12.3. The summed E-state index contributed by atoms with van der Waals surface area (Å²) >= 11 is 1.10. The maximum atomic E-state index is 12.3. The molecule has 2 atom stereocenters. The van der Waals surface area contributed by atoms with Crippen LogP contribution in [0.2, 0.25) is 0 Å². The van der Waals surface area contributed by atoms with Gasteiger partial charge >= 0.3 is 12.0 Å². The first-order valence-electron chi connectivity index (χ1n) is 7.22. The third-order valence-corrected chi connectivity index (χ3v) is 4.03. The number of oxime groups is 1. The number of carbonyl (C=O) groups excluding carboxylic acids is 3. The van der Waals surface area contributed by atoms with Gasteiger partial charge in [0.15, 0.2) is 10.8 Å². The highest BCUT2D eigenvalue weighted by Crippen LogP contribution is 2.14. The van der Waals surface area contributed by atoms with E-state index in [0.717, 1.165) is 16.2 Å². The lowest BCUT2D eigenvalue weighted by Gasteiger charge is -2.37. The van der Waals surface area contributed by atoms with Crippen LogP contribution in [0.1, 0.15) is 12.6 Å². The number of anilines is 1. The molecule has 1 aliphatic heterocycles. The van der Waals surface area contributed by atoms with Gasteiger partial charge in [0, 0.05) is 5.38 Å². The zero-order chi connectivity index (χ0) is 19.4. The second-order valence-electron chi connectivity index (χ2n) is 5.18. The van der Waals surface area contributed by atoms with E-state index in [4.69, 9.17) is 10.8 Å². The zero-order valence-electron chi connectivity index (χ0n) is 13.8. The van der Waals surface area contributed by atoms with Crippen molar-refractivity contribution in [2.24, 2.45) is 5.16 Å². The molecule has 0 saturated carbocycles. The first kappa shape index (κ1) is 19.1. The van der Waals surface area contributed by atoms with Crippen LogP contribution in [0.4, 0.5) is 9.93 Å². The minimum absolute atomic E-state index is 0.109. The van der Waals surface area contributed by atoms with Crippen LogP contribution in [-0.2, 0) is 19.2 Å². The number of hydrogen-bond acceptors (Lipinski definition) is 9. The Hall–Kier alpha value is -3.22. The fraction of sp³-hybridized carbons (Fsp3) is 0.385. The number of thiazole rings is 1. The Labute approximate surface area is 151 Å². The molecule has 1 saturated heterocycles. The van der Waals surface area contributed by atoms with Gasteiger partial charge in [0.1, 0.15) is 24.9 Å². The summed E-state index contributed by atoms with van der Waals surface area (Å²) in [6, 6.07) is -2.96. The van der Waals surface area contributed by atoms with Crippen LogP contribution < -0.4 is 16.4 Å². The molecule has 140 valence electrons.